The van der Waals surface area contributed by atoms with Gasteiger partial charge in [-0.2, -0.15) is 0 Å². The first-order valence-corrected chi connectivity index (χ1v) is 8.80. The van der Waals surface area contributed by atoms with Gasteiger partial charge < -0.3 is 27.6 Å². The molecule has 0 radical (unpaired) electrons. The summed E-state index contributed by atoms with van der Waals surface area (Å²) in [4.78, 5) is 37.2. The minimum absolute atomic E-state index is 0.137. The summed E-state index contributed by atoms with van der Waals surface area (Å²) >= 11 is 0. The third kappa shape index (κ3) is 6.54. The number of hydrogen-bond donors (Lipinski definition) is 5. The number of anilines is 1. The molecule has 9 heteroatoms. The third-order valence-electron chi connectivity index (χ3n) is 4.23. The molecule has 4 amide bonds. The van der Waals surface area contributed by atoms with E-state index in [0.29, 0.717) is 17.7 Å². The van der Waals surface area contributed by atoms with Gasteiger partial charge in [-0.1, -0.05) is 26.0 Å². The highest BCUT2D eigenvalue weighted by Gasteiger charge is 2.33. The Bertz CT molecular complexity index is 648. The normalized spacial score (nSPS) is 13.1. The van der Waals surface area contributed by atoms with E-state index in [9.17, 15) is 19.5 Å². The second-order valence-electron chi connectivity index (χ2n) is 6.65. The number of urea groups is 1. The molecule has 0 saturated heterocycles. The molecular formula is C18H29N5O4. The van der Waals surface area contributed by atoms with Gasteiger partial charge in [0, 0.05) is 12.2 Å². The van der Waals surface area contributed by atoms with Gasteiger partial charge in [-0.25, -0.2) is 4.79 Å². The lowest BCUT2D eigenvalue weighted by Crippen LogP contribution is -2.55. The zero-order chi connectivity index (χ0) is 20.6. The summed E-state index contributed by atoms with van der Waals surface area (Å²) in [5.41, 5.74) is 17.7. The molecule has 0 aromatic heterocycles. The minimum Gasteiger partial charge on any atom is -0.392 e. The zero-order valence-electron chi connectivity index (χ0n) is 15.7. The summed E-state index contributed by atoms with van der Waals surface area (Å²) in [5.74, 6) is -1.24. The Morgan fingerprint density at radius 1 is 1.15 bits per heavy atom. The molecule has 150 valence electrons. The summed E-state index contributed by atoms with van der Waals surface area (Å²) in [5, 5.41) is 11.6. The fourth-order valence-corrected chi connectivity index (χ4v) is 2.57. The van der Waals surface area contributed by atoms with Gasteiger partial charge in [0.15, 0.2) is 0 Å². The highest BCUT2D eigenvalue weighted by molar-refractivity contribution is 6.03. The molecule has 0 aliphatic heterocycles. The van der Waals surface area contributed by atoms with Crippen molar-refractivity contribution < 1.29 is 19.5 Å². The van der Waals surface area contributed by atoms with Crippen LogP contribution < -0.4 is 27.4 Å². The van der Waals surface area contributed by atoms with E-state index in [-0.39, 0.29) is 25.5 Å². The topological polar surface area (TPSA) is 165 Å². The maximum Gasteiger partial charge on any atom is 0.312 e. The van der Waals surface area contributed by atoms with Crippen molar-refractivity contribution in [1.29, 1.82) is 0 Å². The molecular weight excluding hydrogens is 350 g/mol. The maximum absolute atomic E-state index is 13.0. The largest absolute Gasteiger partial charge is 0.392 e. The Morgan fingerprint density at radius 3 is 2.19 bits per heavy atom. The molecule has 0 saturated carbocycles. The zero-order valence-corrected chi connectivity index (χ0v) is 15.7. The van der Waals surface area contributed by atoms with Gasteiger partial charge in [-0.05, 0) is 36.5 Å². The number of nitrogens with one attached hydrogen (secondary N) is 1. The number of benzene rings is 1. The van der Waals surface area contributed by atoms with Gasteiger partial charge in [-0.15, -0.1) is 0 Å². The van der Waals surface area contributed by atoms with Crippen molar-refractivity contribution in [2.75, 3.05) is 11.4 Å². The Kier molecular flexibility index (Phi) is 8.70. The summed E-state index contributed by atoms with van der Waals surface area (Å²) in [6, 6.07) is 4.17. The first-order chi connectivity index (χ1) is 12.7. The molecule has 2 atom stereocenters. The van der Waals surface area contributed by atoms with Crippen molar-refractivity contribution in [3.63, 3.8) is 0 Å². The fraction of sp³-hybridized carbons (Fsp3) is 0.500. The first-order valence-electron chi connectivity index (χ1n) is 8.80. The number of carbonyl (C=O) groups excluding carboxylic acids is 3. The number of amides is 4. The second kappa shape index (κ2) is 10.5. The van der Waals surface area contributed by atoms with Gasteiger partial charge in [0.25, 0.3) is 0 Å². The molecule has 27 heavy (non-hydrogen) atoms. The quantitative estimate of drug-likeness (QED) is 0.355. The van der Waals surface area contributed by atoms with Crippen molar-refractivity contribution >= 4 is 23.5 Å². The van der Waals surface area contributed by atoms with Gasteiger partial charge in [0.2, 0.25) is 11.8 Å². The SMILES string of the molecule is CC(C)[C@H](N)C(=O)N(c1ccc(CO)cc1)[C@H](CCCNC(N)=O)C(N)=O. The predicted octanol–water partition coefficient (Wildman–Crippen LogP) is -0.202. The van der Waals surface area contributed by atoms with E-state index in [2.05, 4.69) is 5.32 Å². The fourth-order valence-electron chi connectivity index (χ4n) is 2.57. The standard InChI is InChI=1S/C18H29N5O4/c1-11(2)15(19)17(26)23(13-7-5-12(10-24)6-8-13)14(16(20)25)4-3-9-22-18(21)27/h5-8,11,14-15,24H,3-4,9-10,19H2,1-2H3,(H2,20,25)(H3,21,22,27)/t14-,15+/m1/s1. The van der Waals surface area contributed by atoms with Crippen LogP contribution in [0.2, 0.25) is 0 Å². The second-order valence-corrected chi connectivity index (χ2v) is 6.65. The van der Waals surface area contributed by atoms with Gasteiger partial charge in [0.1, 0.15) is 6.04 Å². The number of nitrogens with zero attached hydrogens (tertiary/aromatic N) is 1. The van der Waals surface area contributed by atoms with Crippen molar-refractivity contribution in [3.8, 4) is 0 Å². The van der Waals surface area contributed by atoms with Gasteiger partial charge in [-0.3, -0.25) is 14.5 Å². The maximum atomic E-state index is 13.0. The van der Waals surface area contributed by atoms with Crippen LogP contribution in [-0.4, -0.2) is 41.6 Å². The molecule has 1 rings (SSSR count). The van der Waals surface area contributed by atoms with Crippen LogP contribution in [-0.2, 0) is 16.2 Å². The Hall–Kier alpha value is -2.65. The summed E-state index contributed by atoms with van der Waals surface area (Å²) in [6.07, 6.45) is 0.625. The smallest absolute Gasteiger partial charge is 0.312 e. The average Bonchev–Trinajstić information content (AvgIpc) is 2.62. The minimum atomic E-state index is -0.933. The number of aliphatic hydroxyl groups is 1. The van der Waals surface area contributed by atoms with Gasteiger partial charge in [0.05, 0.1) is 12.6 Å². The van der Waals surface area contributed by atoms with Crippen molar-refractivity contribution in [1.82, 2.24) is 5.32 Å². The molecule has 1 aromatic carbocycles. The van der Waals surface area contributed by atoms with E-state index in [1.54, 1.807) is 24.3 Å². The van der Waals surface area contributed by atoms with Crippen molar-refractivity contribution in [2.24, 2.45) is 23.1 Å². The molecule has 1 aromatic rings. The molecule has 8 N–H and O–H groups in total. The third-order valence-corrected chi connectivity index (χ3v) is 4.23. The van der Waals surface area contributed by atoms with Crippen molar-refractivity contribution in [3.05, 3.63) is 29.8 Å². The number of aliphatic hydroxyl groups excluding tert-OH is 1. The van der Waals surface area contributed by atoms with E-state index in [1.165, 1.54) is 4.90 Å². The molecule has 0 spiro atoms. The molecule has 0 heterocycles. The van der Waals surface area contributed by atoms with Gasteiger partial charge >= 0.3 is 6.03 Å². The molecule has 0 aliphatic carbocycles. The highest BCUT2D eigenvalue weighted by Crippen LogP contribution is 2.23. The number of hydrogen-bond acceptors (Lipinski definition) is 5. The van der Waals surface area contributed by atoms with Crippen LogP contribution in [0, 0.1) is 5.92 Å². The van der Waals surface area contributed by atoms with E-state index >= 15 is 0 Å². The molecule has 0 bridgehead atoms. The number of nitrogens with two attached hydrogens (primary N) is 3. The Labute approximate surface area is 158 Å². The summed E-state index contributed by atoms with van der Waals surface area (Å²) < 4.78 is 0. The Balaban J connectivity index is 3.15. The van der Waals surface area contributed by atoms with Crippen LogP contribution >= 0.6 is 0 Å². The van der Waals surface area contributed by atoms with Crippen LogP contribution in [0.15, 0.2) is 24.3 Å². The van der Waals surface area contributed by atoms with E-state index < -0.39 is 29.9 Å². The number of rotatable bonds is 10. The molecule has 0 fully saturated rings. The lowest BCUT2D eigenvalue weighted by molar-refractivity contribution is -0.126. The highest BCUT2D eigenvalue weighted by atomic mass is 16.3. The average molecular weight is 379 g/mol. The number of carbonyl (C=O) groups is 3. The predicted molar refractivity (Wildman–Crippen MR) is 102 cm³/mol. The van der Waals surface area contributed by atoms with Crippen LogP contribution in [0.3, 0.4) is 0 Å². The van der Waals surface area contributed by atoms with Crippen LogP contribution in [0.5, 0.6) is 0 Å². The van der Waals surface area contributed by atoms with Crippen molar-refractivity contribution in [2.45, 2.75) is 45.4 Å². The summed E-state index contributed by atoms with van der Waals surface area (Å²) in [7, 11) is 0. The summed E-state index contributed by atoms with van der Waals surface area (Å²) in [6.45, 7) is 3.73. The van der Waals surface area contributed by atoms with Crippen LogP contribution in [0.1, 0.15) is 32.3 Å². The lowest BCUT2D eigenvalue weighted by Gasteiger charge is -2.33. The lowest BCUT2D eigenvalue weighted by atomic mass is 10.0. The molecule has 0 unspecified atom stereocenters. The Morgan fingerprint density at radius 2 is 1.74 bits per heavy atom. The molecule has 0 aliphatic rings. The van der Waals surface area contributed by atoms with E-state index in [0.717, 1.165) is 0 Å². The first kappa shape index (κ1) is 22.4. The van der Waals surface area contributed by atoms with E-state index in [1.807, 2.05) is 13.8 Å². The van der Waals surface area contributed by atoms with Crippen LogP contribution in [0.25, 0.3) is 0 Å². The van der Waals surface area contributed by atoms with Crippen LogP contribution in [0.4, 0.5) is 10.5 Å². The number of primary amides is 2. The van der Waals surface area contributed by atoms with E-state index in [4.69, 9.17) is 17.2 Å². The molecule has 9 nitrogen and oxygen atoms in total. The monoisotopic (exact) mass is 379 g/mol.